The number of nitrogens with zero attached hydrogens (tertiary/aromatic N) is 1. The molecule has 1 fully saturated rings. The van der Waals surface area contributed by atoms with Crippen LogP contribution < -0.4 is 5.32 Å². The van der Waals surface area contributed by atoms with E-state index in [0.717, 1.165) is 19.0 Å². The van der Waals surface area contributed by atoms with Crippen LogP contribution in [0.15, 0.2) is 24.3 Å². The zero-order valence-electron chi connectivity index (χ0n) is 13.4. The summed E-state index contributed by atoms with van der Waals surface area (Å²) in [5.41, 5.74) is 2.89. The van der Waals surface area contributed by atoms with Crippen molar-refractivity contribution >= 4 is 0 Å². The average molecular weight is 274 g/mol. The fourth-order valence-electron chi connectivity index (χ4n) is 3.12. The van der Waals surface area contributed by atoms with E-state index in [4.69, 9.17) is 0 Å². The van der Waals surface area contributed by atoms with Crippen molar-refractivity contribution in [1.29, 1.82) is 0 Å². The summed E-state index contributed by atoms with van der Waals surface area (Å²) in [7, 11) is 0. The van der Waals surface area contributed by atoms with Gasteiger partial charge in [-0.1, -0.05) is 45.0 Å². The Bertz CT molecular complexity index is 377. The van der Waals surface area contributed by atoms with E-state index in [9.17, 15) is 0 Å². The van der Waals surface area contributed by atoms with Crippen molar-refractivity contribution in [2.45, 2.75) is 46.1 Å². The van der Waals surface area contributed by atoms with E-state index in [1.54, 1.807) is 0 Å². The van der Waals surface area contributed by atoms with Gasteiger partial charge >= 0.3 is 0 Å². The first-order chi connectivity index (χ1) is 9.69. The highest BCUT2D eigenvalue weighted by Crippen LogP contribution is 2.19. The molecule has 1 atom stereocenters. The molecule has 0 spiro atoms. The molecule has 1 aromatic rings. The zero-order chi connectivity index (χ0) is 14.4. The largest absolute Gasteiger partial charge is 0.309 e. The first-order valence-electron chi connectivity index (χ1n) is 8.23. The van der Waals surface area contributed by atoms with Crippen LogP contribution in [0.3, 0.4) is 0 Å². The third kappa shape index (κ3) is 4.60. The maximum atomic E-state index is 3.64. The summed E-state index contributed by atoms with van der Waals surface area (Å²) in [5.74, 6) is 0.731. The molecular formula is C18H30N2. The first-order valence-corrected chi connectivity index (χ1v) is 8.23. The van der Waals surface area contributed by atoms with Gasteiger partial charge in [-0.3, -0.25) is 0 Å². The molecule has 0 radical (unpaired) electrons. The third-order valence-electron chi connectivity index (χ3n) is 4.12. The highest BCUT2D eigenvalue weighted by atomic mass is 15.2. The molecule has 112 valence electrons. The second kappa shape index (κ2) is 7.80. The quantitative estimate of drug-likeness (QED) is 0.817. The van der Waals surface area contributed by atoms with Gasteiger partial charge in [0.25, 0.3) is 0 Å². The number of hydrogen-bond donors (Lipinski definition) is 1. The van der Waals surface area contributed by atoms with Crippen LogP contribution in [0, 0.1) is 5.92 Å². The molecule has 2 nitrogen and oxygen atoms in total. The van der Waals surface area contributed by atoms with Crippen molar-refractivity contribution in [3.05, 3.63) is 35.4 Å². The maximum Gasteiger partial charge on any atom is 0.0449 e. The van der Waals surface area contributed by atoms with E-state index in [2.05, 4.69) is 55.3 Å². The van der Waals surface area contributed by atoms with Gasteiger partial charge in [0.05, 0.1) is 0 Å². The number of nitrogens with one attached hydrogen (secondary N) is 1. The van der Waals surface area contributed by atoms with E-state index < -0.39 is 0 Å². The number of benzene rings is 1. The molecule has 2 heteroatoms. The Kier molecular flexibility index (Phi) is 6.06. The standard InChI is InChI=1S/C18H30N2/c1-4-19-18(14-20-11-5-6-12-20)17-9-7-16(8-10-17)13-15(2)3/h7-10,15,18-19H,4-6,11-14H2,1-3H3. The van der Waals surface area contributed by atoms with Crippen molar-refractivity contribution in [3.8, 4) is 0 Å². The van der Waals surface area contributed by atoms with Gasteiger partial charge in [0, 0.05) is 12.6 Å². The number of hydrogen-bond acceptors (Lipinski definition) is 2. The summed E-state index contributed by atoms with van der Waals surface area (Å²) >= 11 is 0. The second-order valence-corrected chi connectivity index (χ2v) is 6.46. The normalized spacial score (nSPS) is 17.8. The molecule has 0 aromatic heterocycles. The molecule has 1 aromatic carbocycles. The van der Waals surface area contributed by atoms with Crippen LogP contribution >= 0.6 is 0 Å². The third-order valence-corrected chi connectivity index (χ3v) is 4.12. The van der Waals surface area contributed by atoms with Gasteiger partial charge < -0.3 is 10.2 Å². The molecule has 2 rings (SSSR count). The lowest BCUT2D eigenvalue weighted by atomic mass is 9.99. The SMILES string of the molecule is CCNC(CN1CCCC1)c1ccc(CC(C)C)cc1. The Morgan fingerprint density at radius 2 is 1.75 bits per heavy atom. The molecule has 20 heavy (non-hydrogen) atoms. The molecule has 1 aliphatic rings. The minimum absolute atomic E-state index is 0.478. The second-order valence-electron chi connectivity index (χ2n) is 6.46. The number of likely N-dealkylation sites (tertiary alicyclic amines) is 1. The molecule has 0 saturated carbocycles. The molecular weight excluding hydrogens is 244 g/mol. The van der Waals surface area contributed by atoms with Gasteiger partial charge in [0.1, 0.15) is 0 Å². The van der Waals surface area contributed by atoms with Crippen LogP contribution in [0.2, 0.25) is 0 Å². The number of rotatable bonds is 7. The summed E-state index contributed by atoms with van der Waals surface area (Å²) in [6, 6.07) is 9.74. The monoisotopic (exact) mass is 274 g/mol. The van der Waals surface area contributed by atoms with Crippen LogP contribution in [0.1, 0.15) is 50.8 Å². The van der Waals surface area contributed by atoms with E-state index in [1.165, 1.54) is 43.5 Å². The lowest BCUT2D eigenvalue weighted by Gasteiger charge is -2.24. The van der Waals surface area contributed by atoms with Crippen molar-refractivity contribution < 1.29 is 0 Å². The smallest absolute Gasteiger partial charge is 0.0449 e. The Balaban J connectivity index is 2.00. The van der Waals surface area contributed by atoms with Crippen molar-refractivity contribution in [2.24, 2.45) is 5.92 Å². The van der Waals surface area contributed by atoms with Gasteiger partial charge in [-0.2, -0.15) is 0 Å². The van der Waals surface area contributed by atoms with Crippen molar-refractivity contribution in [3.63, 3.8) is 0 Å². The lowest BCUT2D eigenvalue weighted by molar-refractivity contribution is 0.294. The first kappa shape index (κ1) is 15.5. The Hall–Kier alpha value is -0.860. The summed E-state index contributed by atoms with van der Waals surface area (Å²) in [6.07, 6.45) is 3.91. The lowest BCUT2D eigenvalue weighted by Crippen LogP contribution is -2.33. The van der Waals surface area contributed by atoms with E-state index in [0.29, 0.717) is 6.04 Å². The molecule has 0 aliphatic carbocycles. The van der Waals surface area contributed by atoms with Crippen LogP contribution in [-0.4, -0.2) is 31.1 Å². The summed E-state index contributed by atoms with van der Waals surface area (Å²) in [4.78, 5) is 2.59. The molecule has 1 N–H and O–H groups in total. The van der Waals surface area contributed by atoms with E-state index in [1.807, 2.05) is 0 Å². The summed E-state index contributed by atoms with van der Waals surface area (Å²) in [5, 5.41) is 3.64. The molecule has 1 saturated heterocycles. The van der Waals surface area contributed by atoms with Gasteiger partial charge in [-0.25, -0.2) is 0 Å². The van der Waals surface area contributed by atoms with Crippen LogP contribution in [-0.2, 0) is 6.42 Å². The zero-order valence-corrected chi connectivity index (χ0v) is 13.4. The predicted octanol–water partition coefficient (Wildman–Crippen LogP) is 3.63. The summed E-state index contributed by atoms with van der Waals surface area (Å²) < 4.78 is 0. The Morgan fingerprint density at radius 3 is 2.30 bits per heavy atom. The molecule has 0 amide bonds. The highest BCUT2D eigenvalue weighted by molar-refractivity contribution is 5.25. The molecule has 1 heterocycles. The van der Waals surface area contributed by atoms with Crippen LogP contribution in [0.4, 0.5) is 0 Å². The summed E-state index contributed by atoms with van der Waals surface area (Å²) in [6.45, 7) is 11.5. The van der Waals surface area contributed by atoms with Gasteiger partial charge in [-0.05, 0) is 55.9 Å². The number of likely N-dealkylation sites (N-methyl/N-ethyl adjacent to an activating group) is 1. The van der Waals surface area contributed by atoms with E-state index in [-0.39, 0.29) is 0 Å². The Labute approximate surface area is 124 Å². The van der Waals surface area contributed by atoms with Crippen molar-refractivity contribution in [2.75, 3.05) is 26.2 Å². The predicted molar refractivity (Wildman–Crippen MR) is 87.1 cm³/mol. The highest BCUT2D eigenvalue weighted by Gasteiger charge is 2.18. The minimum atomic E-state index is 0.478. The van der Waals surface area contributed by atoms with Gasteiger partial charge in [0.2, 0.25) is 0 Å². The van der Waals surface area contributed by atoms with Crippen LogP contribution in [0.5, 0.6) is 0 Å². The van der Waals surface area contributed by atoms with Crippen molar-refractivity contribution in [1.82, 2.24) is 10.2 Å². The molecule has 1 aliphatic heterocycles. The molecule has 1 unspecified atom stereocenters. The van der Waals surface area contributed by atoms with Gasteiger partial charge in [-0.15, -0.1) is 0 Å². The maximum absolute atomic E-state index is 3.64. The fourth-order valence-corrected chi connectivity index (χ4v) is 3.12. The average Bonchev–Trinajstić information content (AvgIpc) is 2.91. The van der Waals surface area contributed by atoms with Crippen LogP contribution in [0.25, 0.3) is 0 Å². The van der Waals surface area contributed by atoms with Gasteiger partial charge in [0.15, 0.2) is 0 Å². The molecule has 0 bridgehead atoms. The minimum Gasteiger partial charge on any atom is -0.309 e. The fraction of sp³-hybridized carbons (Fsp3) is 0.667. The van der Waals surface area contributed by atoms with E-state index >= 15 is 0 Å². The Morgan fingerprint density at radius 1 is 1.10 bits per heavy atom. The topological polar surface area (TPSA) is 15.3 Å².